The third-order valence-corrected chi connectivity index (χ3v) is 6.13. The van der Waals surface area contributed by atoms with Crippen LogP contribution < -0.4 is 10.6 Å². The van der Waals surface area contributed by atoms with E-state index in [0.29, 0.717) is 0 Å². The summed E-state index contributed by atoms with van der Waals surface area (Å²) in [5.74, 6) is -4.41. The topological polar surface area (TPSA) is 139 Å². The fraction of sp³-hybridized carbons (Fsp3) is 0.529. The minimum Gasteiger partial charge on any atom is -0.348 e. The number of carbonyl (C=O) groups is 2. The molecule has 192 valence electrons. The largest absolute Gasteiger partial charge is 0.471 e. The highest BCUT2D eigenvalue weighted by Crippen LogP contribution is 2.20. The van der Waals surface area contributed by atoms with Crippen LogP contribution in [-0.4, -0.2) is 68.0 Å². The minimum absolute atomic E-state index is 0.0536. The summed E-state index contributed by atoms with van der Waals surface area (Å²) in [5.41, 5.74) is -0.399. The molecule has 1 aromatic carbocycles. The summed E-state index contributed by atoms with van der Waals surface area (Å²) in [4.78, 5) is 31.2. The molecular formula is C17H20F6N4O6S. The first-order valence-electron chi connectivity index (χ1n) is 9.51. The number of non-ortho nitro benzene ring substituents is 1. The van der Waals surface area contributed by atoms with Gasteiger partial charge in [0.2, 0.25) is 10.0 Å². The van der Waals surface area contributed by atoms with Crippen LogP contribution in [-0.2, 0) is 19.6 Å². The van der Waals surface area contributed by atoms with Crippen molar-refractivity contribution in [2.75, 3.05) is 26.2 Å². The van der Waals surface area contributed by atoms with Gasteiger partial charge in [-0.15, -0.1) is 0 Å². The number of benzene rings is 1. The standard InChI is InChI=1S/C17H20F6N4O6S/c18-16(19,20)14(28)24-8-2-1-3-10-26(11-9-25-15(29)17(21,22)23)34(32,33)13-6-4-12(5-7-13)27(30)31/h4-7H,1-3,8-11H2,(H,24,28)(H,25,29). The first kappa shape index (κ1) is 29.1. The Hall–Kier alpha value is -2.95. The highest BCUT2D eigenvalue weighted by Gasteiger charge is 2.39. The maximum atomic E-state index is 12.8. The number of nitrogens with one attached hydrogen (secondary N) is 2. The molecule has 0 saturated heterocycles. The van der Waals surface area contributed by atoms with Crippen LogP contribution in [0.3, 0.4) is 0 Å². The zero-order valence-corrected chi connectivity index (χ0v) is 18.1. The zero-order valence-electron chi connectivity index (χ0n) is 17.3. The van der Waals surface area contributed by atoms with Crippen LogP contribution in [0.25, 0.3) is 0 Å². The predicted molar refractivity (Wildman–Crippen MR) is 104 cm³/mol. The second kappa shape index (κ2) is 12.0. The van der Waals surface area contributed by atoms with Crippen LogP contribution in [0.15, 0.2) is 29.2 Å². The van der Waals surface area contributed by atoms with Gasteiger partial charge < -0.3 is 10.6 Å². The van der Waals surface area contributed by atoms with Crippen molar-refractivity contribution in [3.05, 3.63) is 34.4 Å². The van der Waals surface area contributed by atoms with Gasteiger partial charge in [-0.25, -0.2) is 8.42 Å². The summed E-state index contributed by atoms with van der Waals surface area (Å²) in [6.45, 7) is -1.90. The molecule has 0 saturated carbocycles. The maximum Gasteiger partial charge on any atom is 0.471 e. The summed E-state index contributed by atoms with van der Waals surface area (Å²) in [6, 6.07) is 3.70. The number of nitrogens with zero attached hydrogens (tertiary/aromatic N) is 2. The van der Waals surface area contributed by atoms with Gasteiger partial charge in [-0.1, -0.05) is 6.42 Å². The van der Waals surface area contributed by atoms with Crippen molar-refractivity contribution in [1.82, 2.24) is 14.9 Å². The van der Waals surface area contributed by atoms with Crippen molar-refractivity contribution in [3.8, 4) is 0 Å². The molecule has 10 nitrogen and oxygen atoms in total. The van der Waals surface area contributed by atoms with Crippen molar-refractivity contribution in [2.45, 2.75) is 36.5 Å². The number of nitro benzene ring substituents is 1. The molecule has 2 amide bonds. The van der Waals surface area contributed by atoms with E-state index in [-0.39, 0.29) is 32.4 Å². The molecule has 34 heavy (non-hydrogen) atoms. The number of amides is 2. The van der Waals surface area contributed by atoms with Gasteiger partial charge >= 0.3 is 24.2 Å². The SMILES string of the molecule is O=C(NCCCCCN(CCNC(=O)C(F)(F)F)S(=O)(=O)c1ccc([N+](=O)[O-])cc1)C(F)(F)F. The smallest absolute Gasteiger partial charge is 0.348 e. The number of carbonyl (C=O) groups excluding carboxylic acids is 2. The van der Waals surface area contributed by atoms with Crippen molar-refractivity contribution >= 4 is 27.5 Å². The molecule has 0 bridgehead atoms. The van der Waals surface area contributed by atoms with Crippen LogP contribution in [0.2, 0.25) is 0 Å². The predicted octanol–water partition coefficient (Wildman–Crippen LogP) is 2.11. The van der Waals surface area contributed by atoms with E-state index in [1.807, 2.05) is 0 Å². The highest BCUT2D eigenvalue weighted by molar-refractivity contribution is 7.89. The lowest BCUT2D eigenvalue weighted by atomic mass is 10.2. The average molecular weight is 522 g/mol. The number of halogens is 6. The highest BCUT2D eigenvalue weighted by atomic mass is 32.2. The van der Waals surface area contributed by atoms with Crippen LogP contribution in [0.4, 0.5) is 32.0 Å². The maximum absolute atomic E-state index is 12.8. The molecule has 0 aliphatic carbocycles. The summed E-state index contributed by atoms with van der Waals surface area (Å²) < 4.78 is 99.8. The minimum atomic E-state index is -5.18. The van der Waals surface area contributed by atoms with E-state index in [0.717, 1.165) is 28.6 Å². The van der Waals surface area contributed by atoms with Gasteiger partial charge in [0.1, 0.15) is 0 Å². The molecule has 0 aliphatic rings. The van der Waals surface area contributed by atoms with Crippen LogP contribution >= 0.6 is 0 Å². The van der Waals surface area contributed by atoms with Gasteiger partial charge in [0.15, 0.2) is 0 Å². The summed E-state index contributed by atoms with van der Waals surface area (Å²) >= 11 is 0. The van der Waals surface area contributed by atoms with E-state index in [1.54, 1.807) is 5.32 Å². The first-order valence-corrected chi connectivity index (χ1v) is 11.0. The van der Waals surface area contributed by atoms with Crippen molar-refractivity contribution in [2.24, 2.45) is 0 Å². The zero-order chi connectivity index (χ0) is 26.2. The Labute approximate surface area is 189 Å². The van der Waals surface area contributed by atoms with Gasteiger partial charge in [0.05, 0.1) is 9.82 Å². The number of unbranched alkanes of at least 4 members (excludes halogenated alkanes) is 2. The molecule has 0 aromatic heterocycles. The van der Waals surface area contributed by atoms with Gasteiger partial charge in [-0.3, -0.25) is 19.7 Å². The lowest BCUT2D eigenvalue weighted by Crippen LogP contribution is -2.43. The van der Waals surface area contributed by atoms with Crippen LogP contribution in [0.1, 0.15) is 19.3 Å². The lowest BCUT2D eigenvalue weighted by Gasteiger charge is -2.22. The monoisotopic (exact) mass is 522 g/mol. The molecule has 0 radical (unpaired) electrons. The van der Waals surface area contributed by atoms with Crippen molar-refractivity contribution in [1.29, 1.82) is 0 Å². The fourth-order valence-corrected chi connectivity index (χ4v) is 4.01. The number of rotatable bonds is 12. The third kappa shape index (κ3) is 9.12. The second-order valence-corrected chi connectivity index (χ2v) is 8.66. The van der Waals surface area contributed by atoms with Gasteiger partial charge in [-0.2, -0.15) is 30.6 Å². The normalized spacial score (nSPS) is 12.4. The van der Waals surface area contributed by atoms with E-state index in [4.69, 9.17) is 0 Å². The summed E-state index contributed by atoms with van der Waals surface area (Å²) in [5, 5.41) is 13.9. The molecule has 17 heteroatoms. The van der Waals surface area contributed by atoms with E-state index in [1.165, 1.54) is 5.32 Å². The van der Waals surface area contributed by atoms with E-state index >= 15 is 0 Å². The first-order chi connectivity index (χ1) is 15.6. The third-order valence-electron chi connectivity index (χ3n) is 4.22. The molecule has 0 spiro atoms. The number of hydrogen-bond acceptors (Lipinski definition) is 6. The van der Waals surface area contributed by atoms with E-state index in [2.05, 4.69) is 0 Å². The Kier molecular flexibility index (Phi) is 10.2. The molecular weight excluding hydrogens is 502 g/mol. The molecule has 0 unspecified atom stereocenters. The van der Waals surface area contributed by atoms with Gasteiger partial charge in [-0.05, 0) is 25.0 Å². The Morgan fingerprint density at radius 1 is 0.853 bits per heavy atom. The summed E-state index contributed by atoms with van der Waals surface area (Å²) in [6.07, 6.45) is -9.96. The lowest BCUT2D eigenvalue weighted by molar-refractivity contribution is -0.384. The summed E-state index contributed by atoms with van der Waals surface area (Å²) in [7, 11) is -4.34. The second-order valence-electron chi connectivity index (χ2n) is 6.72. The van der Waals surface area contributed by atoms with Crippen LogP contribution in [0.5, 0.6) is 0 Å². The molecule has 2 N–H and O–H groups in total. The Balaban J connectivity index is 2.80. The fourth-order valence-electron chi connectivity index (χ4n) is 2.53. The van der Waals surface area contributed by atoms with E-state index < -0.39 is 62.8 Å². The molecule has 0 aliphatic heterocycles. The molecule has 0 heterocycles. The Morgan fingerprint density at radius 3 is 1.82 bits per heavy atom. The molecule has 1 rings (SSSR count). The van der Waals surface area contributed by atoms with Gasteiger partial charge in [0, 0.05) is 38.3 Å². The van der Waals surface area contributed by atoms with E-state index in [9.17, 15) is 54.5 Å². The molecule has 1 aromatic rings. The Bertz CT molecular complexity index is 966. The number of nitro groups is 1. The van der Waals surface area contributed by atoms with Crippen LogP contribution in [0, 0.1) is 10.1 Å². The van der Waals surface area contributed by atoms with Crippen molar-refractivity contribution < 1.29 is 49.3 Å². The average Bonchev–Trinajstić information content (AvgIpc) is 2.72. The Morgan fingerprint density at radius 2 is 1.35 bits per heavy atom. The van der Waals surface area contributed by atoms with Crippen molar-refractivity contribution in [3.63, 3.8) is 0 Å². The number of hydrogen-bond donors (Lipinski definition) is 2. The quantitative estimate of drug-likeness (QED) is 0.187. The number of alkyl halides is 6. The van der Waals surface area contributed by atoms with Gasteiger partial charge in [0.25, 0.3) is 5.69 Å². The molecule has 0 fully saturated rings. The number of sulfonamides is 1. The molecule has 0 atom stereocenters.